The number of para-hydroxylation sites is 1. The van der Waals surface area contributed by atoms with Gasteiger partial charge < -0.3 is 14.5 Å². The number of carbonyl (C=O) groups excluding carboxylic acids is 1. The molecule has 3 rings (SSSR count). The fraction of sp³-hybridized carbons (Fsp3) is 0.409. The van der Waals surface area contributed by atoms with E-state index in [4.69, 9.17) is 4.74 Å². The van der Waals surface area contributed by atoms with Crippen LogP contribution in [0.4, 0.5) is 11.4 Å². The molecule has 0 radical (unpaired) electrons. The summed E-state index contributed by atoms with van der Waals surface area (Å²) in [6, 6.07) is 14.6. The number of aryl methyl sites for hydroxylation is 2. The summed E-state index contributed by atoms with van der Waals surface area (Å²) in [5.41, 5.74) is 5.08. The van der Waals surface area contributed by atoms with Crippen LogP contribution in [0.15, 0.2) is 42.5 Å². The van der Waals surface area contributed by atoms with Crippen molar-refractivity contribution in [2.45, 2.75) is 26.7 Å². The maximum absolute atomic E-state index is 11.4. The van der Waals surface area contributed by atoms with Crippen molar-refractivity contribution >= 4 is 17.3 Å². The molecule has 4 heteroatoms. The second kappa shape index (κ2) is 7.92. The molecule has 4 nitrogen and oxygen atoms in total. The summed E-state index contributed by atoms with van der Waals surface area (Å²) < 4.78 is 5.35. The van der Waals surface area contributed by atoms with Gasteiger partial charge in [0.25, 0.3) is 0 Å². The lowest BCUT2D eigenvalue weighted by Gasteiger charge is -2.31. The predicted molar refractivity (Wildman–Crippen MR) is 106 cm³/mol. The highest BCUT2D eigenvalue weighted by Crippen LogP contribution is 2.38. The van der Waals surface area contributed by atoms with Gasteiger partial charge in [-0.2, -0.15) is 0 Å². The third kappa shape index (κ3) is 4.25. The maximum Gasteiger partial charge on any atom is 0.308 e. The average molecular weight is 352 g/mol. The minimum atomic E-state index is -0.286. The van der Waals surface area contributed by atoms with Gasteiger partial charge in [0.1, 0.15) is 5.75 Å². The average Bonchev–Trinajstić information content (AvgIpc) is 2.71. The van der Waals surface area contributed by atoms with Crippen molar-refractivity contribution in [1.82, 2.24) is 4.90 Å². The molecule has 0 amide bonds. The molecule has 1 heterocycles. The number of anilines is 2. The van der Waals surface area contributed by atoms with E-state index in [9.17, 15) is 4.79 Å². The van der Waals surface area contributed by atoms with Gasteiger partial charge in [-0.25, -0.2) is 0 Å². The molecule has 2 aromatic rings. The Bertz CT molecular complexity index is 785. The second-order valence-corrected chi connectivity index (χ2v) is 7.49. The molecule has 0 saturated carbocycles. The Morgan fingerprint density at radius 3 is 2.50 bits per heavy atom. The number of hydrogen-bond donors (Lipinski definition) is 0. The fourth-order valence-electron chi connectivity index (χ4n) is 3.81. The van der Waals surface area contributed by atoms with Crippen LogP contribution in [-0.4, -0.2) is 38.1 Å². The molecule has 0 saturated heterocycles. The quantitative estimate of drug-likeness (QED) is 0.600. The topological polar surface area (TPSA) is 32.8 Å². The molecular weight excluding hydrogens is 324 g/mol. The largest absolute Gasteiger partial charge is 0.427 e. The van der Waals surface area contributed by atoms with Crippen LogP contribution in [0.3, 0.4) is 0 Å². The van der Waals surface area contributed by atoms with Crippen LogP contribution in [0.25, 0.3) is 0 Å². The van der Waals surface area contributed by atoms with E-state index in [0.29, 0.717) is 11.7 Å². The third-order valence-electron chi connectivity index (χ3n) is 4.73. The number of fused-ring (bicyclic) bond motifs is 2. The first-order valence-corrected chi connectivity index (χ1v) is 9.25. The zero-order valence-electron chi connectivity index (χ0n) is 16.2. The Morgan fingerprint density at radius 2 is 1.81 bits per heavy atom. The zero-order chi connectivity index (χ0) is 18.7. The van der Waals surface area contributed by atoms with E-state index in [-0.39, 0.29) is 5.97 Å². The Hall–Kier alpha value is -2.33. The van der Waals surface area contributed by atoms with Gasteiger partial charge >= 0.3 is 5.97 Å². The SMILES string of the molecule is CC(=O)Oc1ccc2c(c1)N(CC(C)CN(C)C)c1ccccc1CC2. The van der Waals surface area contributed by atoms with Gasteiger partial charge in [0.05, 0.1) is 0 Å². The van der Waals surface area contributed by atoms with Crippen LogP contribution in [0.1, 0.15) is 25.0 Å². The summed E-state index contributed by atoms with van der Waals surface area (Å²) in [6.07, 6.45) is 2.01. The van der Waals surface area contributed by atoms with E-state index in [1.165, 1.54) is 23.7 Å². The number of benzene rings is 2. The second-order valence-electron chi connectivity index (χ2n) is 7.49. The molecular formula is C22H28N2O2. The van der Waals surface area contributed by atoms with Crippen molar-refractivity contribution in [3.63, 3.8) is 0 Å². The zero-order valence-corrected chi connectivity index (χ0v) is 16.2. The van der Waals surface area contributed by atoms with Gasteiger partial charge in [0, 0.05) is 37.5 Å². The molecule has 26 heavy (non-hydrogen) atoms. The number of rotatable bonds is 5. The first-order valence-electron chi connectivity index (χ1n) is 9.25. The monoisotopic (exact) mass is 352 g/mol. The smallest absolute Gasteiger partial charge is 0.308 e. The van der Waals surface area contributed by atoms with Gasteiger partial charge in [-0.3, -0.25) is 4.79 Å². The Kier molecular flexibility index (Phi) is 5.62. The van der Waals surface area contributed by atoms with Crippen molar-refractivity contribution in [3.05, 3.63) is 53.6 Å². The molecule has 0 fully saturated rings. The van der Waals surface area contributed by atoms with Crippen LogP contribution in [-0.2, 0) is 17.6 Å². The van der Waals surface area contributed by atoms with Gasteiger partial charge in [-0.15, -0.1) is 0 Å². The highest BCUT2D eigenvalue weighted by atomic mass is 16.5. The normalized spacial score (nSPS) is 14.4. The van der Waals surface area contributed by atoms with Crippen molar-refractivity contribution < 1.29 is 9.53 Å². The molecule has 0 spiro atoms. The van der Waals surface area contributed by atoms with Gasteiger partial charge in [-0.1, -0.05) is 31.2 Å². The molecule has 0 aromatic heterocycles. The number of carbonyl (C=O) groups is 1. The first kappa shape index (κ1) is 18.5. The van der Waals surface area contributed by atoms with Crippen LogP contribution < -0.4 is 9.64 Å². The van der Waals surface area contributed by atoms with Gasteiger partial charge in [0.15, 0.2) is 0 Å². The number of hydrogen-bond acceptors (Lipinski definition) is 4. The van der Waals surface area contributed by atoms with Gasteiger partial charge in [-0.05, 0) is 56.1 Å². The molecule has 1 unspecified atom stereocenters. The molecule has 0 aliphatic carbocycles. The summed E-state index contributed by atoms with van der Waals surface area (Å²) in [4.78, 5) is 16.0. The van der Waals surface area contributed by atoms with E-state index >= 15 is 0 Å². The highest BCUT2D eigenvalue weighted by molar-refractivity contribution is 5.74. The molecule has 1 aliphatic heterocycles. The lowest BCUT2D eigenvalue weighted by molar-refractivity contribution is -0.131. The number of esters is 1. The lowest BCUT2D eigenvalue weighted by Crippen LogP contribution is -2.30. The van der Waals surface area contributed by atoms with Crippen molar-refractivity contribution in [3.8, 4) is 5.75 Å². The lowest BCUT2D eigenvalue weighted by atomic mass is 10.0. The molecule has 2 aromatic carbocycles. The minimum absolute atomic E-state index is 0.286. The van der Waals surface area contributed by atoms with E-state index in [0.717, 1.165) is 31.6 Å². The van der Waals surface area contributed by atoms with Gasteiger partial charge in [0.2, 0.25) is 0 Å². The fourth-order valence-corrected chi connectivity index (χ4v) is 3.81. The predicted octanol–water partition coefficient (Wildman–Crippen LogP) is 4.05. The van der Waals surface area contributed by atoms with Crippen LogP contribution in [0.2, 0.25) is 0 Å². The first-order chi connectivity index (χ1) is 12.4. The van der Waals surface area contributed by atoms with Crippen molar-refractivity contribution in [2.24, 2.45) is 5.92 Å². The summed E-state index contributed by atoms with van der Waals surface area (Å²) in [6.45, 7) is 5.67. The third-order valence-corrected chi connectivity index (χ3v) is 4.73. The van der Waals surface area contributed by atoms with E-state index < -0.39 is 0 Å². The Morgan fingerprint density at radius 1 is 1.12 bits per heavy atom. The Labute approximate surface area is 156 Å². The minimum Gasteiger partial charge on any atom is -0.427 e. The van der Waals surface area contributed by atoms with Crippen LogP contribution in [0, 0.1) is 5.92 Å². The standard InChI is InChI=1S/C22H28N2O2/c1-16(14-23(3)4)15-24-21-8-6-5-7-18(21)9-10-19-11-12-20(13-22(19)24)26-17(2)25/h5-8,11-13,16H,9-10,14-15H2,1-4H3. The van der Waals surface area contributed by atoms with Crippen molar-refractivity contribution in [2.75, 3.05) is 32.1 Å². The summed E-state index contributed by atoms with van der Waals surface area (Å²) >= 11 is 0. The van der Waals surface area contributed by atoms with Crippen LogP contribution in [0.5, 0.6) is 5.75 Å². The number of ether oxygens (including phenoxy) is 1. The molecule has 1 aliphatic rings. The molecule has 0 bridgehead atoms. The van der Waals surface area contributed by atoms with Crippen LogP contribution >= 0.6 is 0 Å². The van der Waals surface area contributed by atoms with E-state index in [1.54, 1.807) is 0 Å². The Balaban J connectivity index is 2.02. The van der Waals surface area contributed by atoms with E-state index in [1.807, 2.05) is 12.1 Å². The molecule has 0 N–H and O–H groups in total. The molecule has 138 valence electrons. The highest BCUT2D eigenvalue weighted by Gasteiger charge is 2.23. The summed E-state index contributed by atoms with van der Waals surface area (Å²) in [5.74, 6) is 0.828. The van der Waals surface area contributed by atoms with E-state index in [2.05, 4.69) is 61.2 Å². The van der Waals surface area contributed by atoms with Crippen molar-refractivity contribution in [1.29, 1.82) is 0 Å². The molecule has 1 atom stereocenters. The number of nitrogens with zero attached hydrogens (tertiary/aromatic N) is 2. The summed E-state index contributed by atoms with van der Waals surface area (Å²) in [5, 5.41) is 0. The summed E-state index contributed by atoms with van der Waals surface area (Å²) in [7, 11) is 4.22. The maximum atomic E-state index is 11.4.